The number of hydrogen-bond donors (Lipinski definition) is 1. The SMILES string of the molecule is Cc1nc(C(=O)Nc2nc(CN3CCCCC3)cs2)c(C)o1. The topological polar surface area (TPSA) is 71.3 Å². The molecule has 0 aliphatic carbocycles. The summed E-state index contributed by atoms with van der Waals surface area (Å²) in [5.41, 5.74) is 1.33. The molecule has 3 rings (SSSR count). The summed E-state index contributed by atoms with van der Waals surface area (Å²) in [6.45, 7) is 6.59. The first-order valence-corrected chi connectivity index (χ1v) is 8.42. The number of anilines is 1. The fourth-order valence-electron chi connectivity index (χ4n) is 2.68. The van der Waals surface area contributed by atoms with Crippen molar-refractivity contribution in [2.45, 2.75) is 39.7 Å². The lowest BCUT2D eigenvalue weighted by atomic mass is 10.1. The third kappa shape index (κ3) is 3.53. The molecule has 2 aromatic heterocycles. The van der Waals surface area contributed by atoms with E-state index in [-0.39, 0.29) is 5.91 Å². The molecule has 1 fully saturated rings. The van der Waals surface area contributed by atoms with Gasteiger partial charge in [0.15, 0.2) is 16.7 Å². The van der Waals surface area contributed by atoms with Crippen molar-refractivity contribution in [2.24, 2.45) is 0 Å². The highest BCUT2D eigenvalue weighted by molar-refractivity contribution is 7.13. The Hall–Kier alpha value is -1.73. The molecule has 0 saturated carbocycles. The van der Waals surface area contributed by atoms with E-state index in [2.05, 4.69) is 20.2 Å². The van der Waals surface area contributed by atoms with Gasteiger partial charge in [-0.15, -0.1) is 11.3 Å². The van der Waals surface area contributed by atoms with E-state index in [1.165, 1.54) is 30.6 Å². The van der Waals surface area contributed by atoms with Crippen molar-refractivity contribution < 1.29 is 9.21 Å². The Kier molecular flexibility index (Phi) is 4.54. The average Bonchev–Trinajstić information content (AvgIpc) is 3.06. The van der Waals surface area contributed by atoms with E-state index in [0.29, 0.717) is 22.5 Å². The zero-order valence-corrected chi connectivity index (χ0v) is 13.7. The van der Waals surface area contributed by atoms with Crippen LogP contribution in [0, 0.1) is 13.8 Å². The number of amides is 1. The number of rotatable bonds is 4. The van der Waals surface area contributed by atoms with Crippen LogP contribution in [-0.4, -0.2) is 33.9 Å². The van der Waals surface area contributed by atoms with E-state index >= 15 is 0 Å². The Balaban J connectivity index is 1.61. The van der Waals surface area contributed by atoms with E-state index in [1.807, 2.05) is 5.38 Å². The number of oxazole rings is 1. The number of likely N-dealkylation sites (tertiary alicyclic amines) is 1. The second kappa shape index (κ2) is 6.58. The van der Waals surface area contributed by atoms with Crippen molar-refractivity contribution in [2.75, 3.05) is 18.4 Å². The maximum atomic E-state index is 12.2. The van der Waals surface area contributed by atoms with Gasteiger partial charge < -0.3 is 4.42 Å². The molecular weight excluding hydrogens is 300 g/mol. The summed E-state index contributed by atoms with van der Waals surface area (Å²) < 4.78 is 5.28. The molecule has 1 saturated heterocycles. The fourth-order valence-corrected chi connectivity index (χ4v) is 3.38. The second-order valence-corrected chi connectivity index (χ2v) is 6.43. The maximum Gasteiger partial charge on any atom is 0.279 e. The Morgan fingerprint density at radius 2 is 2.09 bits per heavy atom. The number of piperidine rings is 1. The highest BCUT2D eigenvalue weighted by Crippen LogP contribution is 2.20. The van der Waals surface area contributed by atoms with Crippen LogP contribution in [0.2, 0.25) is 0 Å². The first-order valence-electron chi connectivity index (χ1n) is 7.54. The smallest absolute Gasteiger partial charge is 0.279 e. The Morgan fingerprint density at radius 1 is 1.32 bits per heavy atom. The van der Waals surface area contributed by atoms with Gasteiger partial charge in [-0.3, -0.25) is 15.0 Å². The minimum atomic E-state index is -0.270. The van der Waals surface area contributed by atoms with Gasteiger partial charge in [0.1, 0.15) is 5.76 Å². The van der Waals surface area contributed by atoms with Crippen LogP contribution >= 0.6 is 11.3 Å². The van der Waals surface area contributed by atoms with Crippen molar-refractivity contribution in [1.82, 2.24) is 14.9 Å². The first kappa shape index (κ1) is 15.2. The molecule has 0 unspecified atom stereocenters. The standard InChI is InChI=1S/C15H20N4O2S/c1-10-13(16-11(2)21-10)14(20)18-15-17-12(9-22-15)8-19-6-4-3-5-7-19/h9H,3-8H2,1-2H3,(H,17,18,20). The molecule has 0 atom stereocenters. The van der Waals surface area contributed by atoms with Gasteiger partial charge >= 0.3 is 0 Å². The maximum absolute atomic E-state index is 12.2. The monoisotopic (exact) mass is 320 g/mol. The van der Waals surface area contributed by atoms with Crippen LogP contribution < -0.4 is 5.32 Å². The van der Waals surface area contributed by atoms with Crippen molar-refractivity contribution in [1.29, 1.82) is 0 Å². The molecule has 0 spiro atoms. The zero-order chi connectivity index (χ0) is 15.5. The Morgan fingerprint density at radius 3 is 2.77 bits per heavy atom. The van der Waals surface area contributed by atoms with Gasteiger partial charge in [-0.1, -0.05) is 6.42 Å². The fraction of sp³-hybridized carbons (Fsp3) is 0.533. The lowest BCUT2D eigenvalue weighted by molar-refractivity contribution is 0.102. The van der Waals surface area contributed by atoms with E-state index in [4.69, 9.17) is 4.42 Å². The number of nitrogens with one attached hydrogen (secondary N) is 1. The van der Waals surface area contributed by atoms with Crippen LogP contribution in [0.15, 0.2) is 9.80 Å². The van der Waals surface area contributed by atoms with Crippen LogP contribution in [-0.2, 0) is 6.54 Å². The van der Waals surface area contributed by atoms with Crippen LogP contribution in [0.25, 0.3) is 0 Å². The van der Waals surface area contributed by atoms with Crippen molar-refractivity contribution in [3.8, 4) is 0 Å². The quantitative estimate of drug-likeness (QED) is 0.937. The minimum absolute atomic E-state index is 0.270. The zero-order valence-electron chi connectivity index (χ0n) is 12.9. The molecule has 118 valence electrons. The number of aromatic nitrogens is 2. The molecule has 1 aliphatic heterocycles. The number of aryl methyl sites for hydroxylation is 2. The lowest BCUT2D eigenvalue weighted by Crippen LogP contribution is -2.29. The van der Waals surface area contributed by atoms with Crippen molar-refractivity contribution in [3.05, 3.63) is 28.4 Å². The van der Waals surface area contributed by atoms with Gasteiger partial charge in [0.05, 0.1) is 5.69 Å². The second-order valence-electron chi connectivity index (χ2n) is 5.57. The molecule has 3 heterocycles. The summed E-state index contributed by atoms with van der Waals surface area (Å²) in [7, 11) is 0. The van der Waals surface area contributed by atoms with Crippen LogP contribution in [0.3, 0.4) is 0 Å². The van der Waals surface area contributed by atoms with E-state index in [0.717, 1.165) is 25.3 Å². The van der Waals surface area contributed by atoms with Gasteiger partial charge in [0, 0.05) is 18.8 Å². The summed E-state index contributed by atoms with van der Waals surface area (Å²) >= 11 is 1.45. The molecule has 0 aromatic carbocycles. The summed E-state index contributed by atoms with van der Waals surface area (Å²) in [5, 5.41) is 5.41. The lowest BCUT2D eigenvalue weighted by Gasteiger charge is -2.25. The molecule has 1 amide bonds. The predicted octanol–water partition coefficient (Wildman–Crippen LogP) is 2.99. The molecule has 0 radical (unpaired) electrons. The number of carbonyl (C=O) groups excluding carboxylic acids is 1. The molecule has 1 aliphatic rings. The summed E-state index contributed by atoms with van der Waals surface area (Å²) in [4.78, 5) is 23.2. The van der Waals surface area contributed by atoms with Crippen molar-refractivity contribution >= 4 is 22.4 Å². The molecule has 1 N–H and O–H groups in total. The van der Waals surface area contributed by atoms with Gasteiger partial charge in [-0.2, -0.15) is 0 Å². The summed E-state index contributed by atoms with van der Waals surface area (Å²) in [6, 6.07) is 0. The number of nitrogens with zero attached hydrogens (tertiary/aromatic N) is 3. The van der Waals surface area contributed by atoms with Gasteiger partial charge in [0.25, 0.3) is 5.91 Å². The summed E-state index contributed by atoms with van der Waals surface area (Å²) in [5.74, 6) is 0.751. The van der Waals surface area contributed by atoms with Crippen LogP contribution in [0.1, 0.15) is 47.1 Å². The van der Waals surface area contributed by atoms with E-state index in [9.17, 15) is 4.79 Å². The molecule has 0 bridgehead atoms. The minimum Gasteiger partial charge on any atom is -0.445 e. The third-order valence-electron chi connectivity index (χ3n) is 3.73. The number of thiazole rings is 1. The highest BCUT2D eigenvalue weighted by atomic mass is 32.1. The van der Waals surface area contributed by atoms with Gasteiger partial charge in [-0.05, 0) is 32.9 Å². The summed E-state index contributed by atoms with van der Waals surface area (Å²) in [6.07, 6.45) is 3.85. The average molecular weight is 320 g/mol. The molecule has 2 aromatic rings. The molecule has 6 nitrogen and oxygen atoms in total. The number of hydrogen-bond acceptors (Lipinski definition) is 6. The van der Waals surface area contributed by atoms with Crippen LogP contribution in [0.4, 0.5) is 5.13 Å². The molecule has 7 heteroatoms. The normalized spacial score (nSPS) is 15.9. The predicted molar refractivity (Wildman–Crippen MR) is 85.2 cm³/mol. The van der Waals surface area contributed by atoms with E-state index in [1.54, 1.807) is 13.8 Å². The Labute approximate surface area is 133 Å². The largest absolute Gasteiger partial charge is 0.445 e. The van der Waals surface area contributed by atoms with Gasteiger partial charge in [-0.25, -0.2) is 9.97 Å². The highest BCUT2D eigenvalue weighted by Gasteiger charge is 2.17. The number of carbonyl (C=O) groups is 1. The molecule has 22 heavy (non-hydrogen) atoms. The van der Waals surface area contributed by atoms with Gasteiger partial charge in [0.2, 0.25) is 0 Å². The molecular formula is C15H20N4O2S. The third-order valence-corrected chi connectivity index (χ3v) is 4.53. The van der Waals surface area contributed by atoms with Crippen LogP contribution in [0.5, 0.6) is 0 Å². The Bertz CT molecular complexity index is 658. The van der Waals surface area contributed by atoms with E-state index < -0.39 is 0 Å². The first-order chi connectivity index (χ1) is 10.6. The van der Waals surface area contributed by atoms with Crippen molar-refractivity contribution in [3.63, 3.8) is 0 Å².